The third kappa shape index (κ3) is 2.23. The van der Waals surface area contributed by atoms with Crippen molar-refractivity contribution in [1.82, 2.24) is 15.1 Å². The Balaban J connectivity index is 1.97. The number of aromatic nitrogens is 2. The molecule has 1 aliphatic rings. The molecule has 1 unspecified atom stereocenters. The first-order chi connectivity index (χ1) is 7.18. The fourth-order valence-corrected chi connectivity index (χ4v) is 2.50. The van der Waals surface area contributed by atoms with Crippen LogP contribution >= 0.6 is 0 Å². The van der Waals surface area contributed by atoms with Crippen molar-refractivity contribution in [3.05, 3.63) is 17.0 Å². The Kier molecular flexibility index (Phi) is 3.10. The molecule has 1 N–H and O–H groups in total. The minimum atomic E-state index is 0.740. The van der Waals surface area contributed by atoms with Gasteiger partial charge in [0.1, 0.15) is 0 Å². The summed E-state index contributed by atoms with van der Waals surface area (Å²) in [5.41, 5.74) is 3.98. The van der Waals surface area contributed by atoms with Gasteiger partial charge in [0.25, 0.3) is 0 Å². The predicted octanol–water partition coefficient (Wildman–Crippen LogP) is 1.72. The quantitative estimate of drug-likeness (QED) is 0.818. The molecule has 1 aromatic heterocycles. The van der Waals surface area contributed by atoms with Crippen molar-refractivity contribution < 1.29 is 0 Å². The van der Waals surface area contributed by atoms with Gasteiger partial charge >= 0.3 is 0 Å². The number of hydrogen-bond donors (Lipinski definition) is 1. The average Bonchev–Trinajstić information content (AvgIpc) is 2.76. The molecule has 3 heteroatoms. The molecular formula is C12H21N3. The van der Waals surface area contributed by atoms with E-state index < -0.39 is 0 Å². The normalized spacial score (nSPS) is 21.1. The van der Waals surface area contributed by atoms with Crippen LogP contribution in [-0.4, -0.2) is 22.4 Å². The highest BCUT2D eigenvalue weighted by atomic mass is 15.3. The highest BCUT2D eigenvalue weighted by Crippen LogP contribution is 2.17. The van der Waals surface area contributed by atoms with Crippen molar-refractivity contribution in [3.63, 3.8) is 0 Å². The van der Waals surface area contributed by atoms with Gasteiger partial charge in [-0.2, -0.15) is 5.10 Å². The second-order valence-corrected chi connectivity index (χ2v) is 4.60. The summed E-state index contributed by atoms with van der Waals surface area (Å²) >= 11 is 0. The second kappa shape index (κ2) is 4.35. The molecule has 1 atom stereocenters. The molecule has 0 aromatic carbocycles. The van der Waals surface area contributed by atoms with Gasteiger partial charge in [0.05, 0.1) is 5.69 Å². The van der Waals surface area contributed by atoms with Crippen molar-refractivity contribution in [1.29, 1.82) is 0 Å². The Morgan fingerprint density at radius 3 is 2.80 bits per heavy atom. The van der Waals surface area contributed by atoms with E-state index in [1.165, 1.54) is 49.2 Å². The molecule has 1 fully saturated rings. The predicted molar refractivity (Wildman–Crippen MR) is 62.0 cm³/mol. The average molecular weight is 207 g/mol. The summed E-state index contributed by atoms with van der Waals surface area (Å²) in [7, 11) is 2.03. The maximum absolute atomic E-state index is 4.45. The third-order valence-corrected chi connectivity index (χ3v) is 3.56. The molecule has 3 nitrogen and oxygen atoms in total. The van der Waals surface area contributed by atoms with Crippen LogP contribution in [0.2, 0.25) is 0 Å². The lowest BCUT2D eigenvalue weighted by Gasteiger charge is -2.09. The van der Waals surface area contributed by atoms with Gasteiger partial charge in [0.15, 0.2) is 0 Å². The van der Waals surface area contributed by atoms with Gasteiger partial charge in [-0.05, 0) is 51.6 Å². The fraction of sp³-hybridized carbons (Fsp3) is 0.750. The Morgan fingerprint density at radius 1 is 1.47 bits per heavy atom. The van der Waals surface area contributed by atoms with Crippen LogP contribution < -0.4 is 5.32 Å². The first-order valence-corrected chi connectivity index (χ1v) is 5.91. The topological polar surface area (TPSA) is 29.9 Å². The molecule has 0 aliphatic carbocycles. The van der Waals surface area contributed by atoms with Gasteiger partial charge in [-0.3, -0.25) is 4.68 Å². The minimum Gasteiger partial charge on any atom is -0.314 e. The molecule has 1 aromatic rings. The van der Waals surface area contributed by atoms with Crippen molar-refractivity contribution in [2.45, 2.75) is 45.6 Å². The number of nitrogens with zero attached hydrogens (tertiary/aromatic N) is 2. The Labute approximate surface area is 91.9 Å². The minimum absolute atomic E-state index is 0.740. The van der Waals surface area contributed by atoms with Gasteiger partial charge in [-0.25, -0.2) is 0 Å². The summed E-state index contributed by atoms with van der Waals surface area (Å²) in [4.78, 5) is 0. The summed E-state index contributed by atoms with van der Waals surface area (Å²) in [6.45, 7) is 5.48. The molecule has 2 rings (SSSR count). The fourth-order valence-electron chi connectivity index (χ4n) is 2.50. The maximum Gasteiger partial charge on any atom is 0.0628 e. The maximum atomic E-state index is 4.45. The van der Waals surface area contributed by atoms with Crippen LogP contribution in [0.25, 0.3) is 0 Å². The summed E-state index contributed by atoms with van der Waals surface area (Å²) in [5, 5.41) is 8.00. The van der Waals surface area contributed by atoms with Gasteiger partial charge in [-0.1, -0.05) is 0 Å². The zero-order chi connectivity index (χ0) is 10.8. The van der Waals surface area contributed by atoms with Crippen LogP contribution in [0.4, 0.5) is 0 Å². The van der Waals surface area contributed by atoms with Crippen molar-refractivity contribution in [2.75, 3.05) is 6.54 Å². The molecule has 0 bridgehead atoms. The lowest BCUT2D eigenvalue weighted by atomic mass is 10.0. The van der Waals surface area contributed by atoms with Gasteiger partial charge in [0, 0.05) is 18.8 Å². The molecule has 15 heavy (non-hydrogen) atoms. The summed E-state index contributed by atoms with van der Waals surface area (Å²) < 4.78 is 1.99. The lowest BCUT2D eigenvalue weighted by molar-refractivity contribution is 0.557. The lowest BCUT2D eigenvalue weighted by Crippen LogP contribution is -2.21. The van der Waals surface area contributed by atoms with E-state index in [1.807, 2.05) is 11.7 Å². The number of nitrogens with one attached hydrogen (secondary N) is 1. The van der Waals surface area contributed by atoms with Gasteiger partial charge in [-0.15, -0.1) is 0 Å². The molecule has 0 radical (unpaired) electrons. The third-order valence-electron chi connectivity index (χ3n) is 3.56. The van der Waals surface area contributed by atoms with E-state index in [-0.39, 0.29) is 0 Å². The van der Waals surface area contributed by atoms with E-state index >= 15 is 0 Å². The van der Waals surface area contributed by atoms with Crippen LogP contribution in [0.15, 0.2) is 0 Å². The largest absolute Gasteiger partial charge is 0.314 e. The monoisotopic (exact) mass is 207 g/mol. The van der Waals surface area contributed by atoms with Crippen molar-refractivity contribution in [3.8, 4) is 0 Å². The van der Waals surface area contributed by atoms with E-state index in [0.717, 1.165) is 6.04 Å². The second-order valence-electron chi connectivity index (χ2n) is 4.60. The van der Waals surface area contributed by atoms with Gasteiger partial charge < -0.3 is 5.32 Å². The molecule has 84 valence electrons. The molecule has 0 spiro atoms. The molecular weight excluding hydrogens is 186 g/mol. The standard InChI is InChI=1S/C12H21N3/c1-9-12(10(2)15(3)14-9)7-6-11-5-4-8-13-11/h11,13H,4-8H2,1-3H3. The van der Waals surface area contributed by atoms with E-state index in [2.05, 4.69) is 24.3 Å². The zero-order valence-corrected chi connectivity index (χ0v) is 10.0. The Morgan fingerprint density at radius 2 is 2.27 bits per heavy atom. The SMILES string of the molecule is Cc1nn(C)c(C)c1CCC1CCCN1. The van der Waals surface area contributed by atoms with E-state index in [9.17, 15) is 0 Å². The smallest absolute Gasteiger partial charge is 0.0628 e. The van der Waals surface area contributed by atoms with Crippen LogP contribution in [0.5, 0.6) is 0 Å². The van der Waals surface area contributed by atoms with Crippen molar-refractivity contribution >= 4 is 0 Å². The summed E-state index contributed by atoms with van der Waals surface area (Å²) in [6.07, 6.45) is 5.12. The first-order valence-electron chi connectivity index (χ1n) is 5.91. The molecule has 1 aliphatic heterocycles. The van der Waals surface area contributed by atoms with Crippen LogP contribution in [-0.2, 0) is 13.5 Å². The molecule has 0 amide bonds. The number of rotatable bonds is 3. The van der Waals surface area contributed by atoms with Crippen LogP contribution in [0, 0.1) is 13.8 Å². The molecule has 0 saturated carbocycles. The highest BCUT2D eigenvalue weighted by molar-refractivity contribution is 5.24. The number of hydrogen-bond acceptors (Lipinski definition) is 2. The van der Waals surface area contributed by atoms with Gasteiger partial charge in [0.2, 0.25) is 0 Å². The van der Waals surface area contributed by atoms with Crippen LogP contribution in [0.1, 0.15) is 36.2 Å². The van der Waals surface area contributed by atoms with E-state index in [4.69, 9.17) is 0 Å². The summed E-state index contributed by atoms with van der Waals surface area (Å²) in [6, 6.07) is 0.740. The van der Waals surface area contributed by atoms with Crippen molar-refractivity contribution in [2.24, 2.45) is 7.05 Å². The Hall–Kier alpha value is -0.830. The highest BCUT2D eigenvalue weighted by Gasteiger charge is 2.16. The van der Waals surface area contributed by atoms with E-state index in [1.54, 1.807) is 0 Å². The molecule has 1 saturated heterocycles. The summed E-state index contributed by atoms with van der Waals surface area (Å²) in [5.74, 6) is 0. The first kappa shape index (κ1) is 10.7. The zero-order valence-electron chi connectivity index (χ0n) is 10.0. The van der Waals surface area contributed by atoms with Crippen LogP contribution in [0.3, 0.4) is 0 Å². The Bertz CT molecular complexity index is 335. The number of aryl methyl sites for hydroxylation is 2. The van der Waals surface area contributed by atoms with E-state index in [0.29, 0.717) is 0 Å². The molecule has 2 heterocycles.